The van der Waals surface area contributed by atoms with E-state index in [1.807, 2.05) is 0 Å². The van der Waals surface area contributed by atoms with Crippen LogP contribution >= 0.6 is 0 Å². The number of fused-ring (bicyclic) bond motifs is 5. The van der Waals surface area contributed by atoms with Gasteiger partial charge in [0.2, 0.25) is 5.91 Å². The Balaban J connectivity index is 1.28. The van der Waals surface area contributed by atoms with Crippen LogP contribution in [0.1, 0.15) is 137 Å². The maximum absolute atomic E-state index is 12.7. The van der Waals surface area contributed by atoms with Crippen molar-refractivity contribution in [2.75, 3.05) is 6.54 Å². The number of unbranched alkanes of at least 4 members (excludes halogenated alkanes) is 1. The Morgan fingerprint density at radius 3 is 2.45 bits per heavy atom. The molecule has 4 N–H and O–H groups in total. The molecule has 0 radical (unpaired) electrons. The maximum Gasteiger partial charge on any atom is 0.306 e. The van der Waals surface area contributed by atoms with Gasteiger partial charge in [-0.15, -0.1) is 0 Å². The quantitative estimate of drug-likeness (QED) is 0.146. The number of ether oxygens (including phenoxy) is 1. The van der Waals surface area contributed by atoms with E-state index in [2.05, 4.69) is 51.7 Å². The van der Waals surface area contributed by atoms with Crippen LogP contribution < -0.4 is 16.2 Å². The van der Waals surface area contributed by atoms with Gasteiger partial charge in [0.25, 0.3) is 0 Å². The average Bonchev–Trinajstić information content (AvgIpc) is 3.33. The van der Waals surface area contributed by atoms with Crippen LogP contribution in [0.25, 0.3) is 0 Å². The molecule has 0 saturated heterocycles. The Hall–Kier alpha value is -1.89. The van der Waals surface area contributed by atoms with Crippen molar-refractivity contribution in [3.8, 4) is 0 Å². The van der Waals surface area contributed by atoms with Gasteiger partial charge in [-0.3, -0.25) is 9.59 Å². The summed E-state index contributed by atoms with van der Waals surface area (Å²) in [6, 6.07) is -1.03. The van der Waals surface area contributed by atoms with Crippen LogP contribution in [0, 0.1) is 46.3 Å². The van der Waals surface area contributed by atoms with Gasteiger partial charge in [0, 0.05) is 12.8 Å². The van der Waals surface area contributed by atoms with Gasteiger partial charge in [-0.2, -0.15) is 0 Å². The van der Waals surface area contributed by atoms with Crippen LogP contribution in [0.3, 0.4) is 0 Å². The Labute approximate surface area is 266 Å². The predicted octanol–water partition coefficient (Wildman–Crippen LogP) is 5.37. The van der Waals surface area contributed by atoms with Crippen LogP contribution in [0.4, 0.5) is 0 Å². The zero-order valence-corrected chi connectivity index (χ0v) is 28.5. The second kappa shape index (κ2) is 15.1. The lowest BCUT2D eigenvalue weighted by atomic mass is 9.47. The van der Waals surface area contributed by atoms with Crippen LogP contribution in [-0.2, 0) is 19.1 Å². The highest BCUT2D eigenvalue weighted by molar-refractivity contribution is 5.85. The van der Waals surface area contributed by atoms with Gasteiger partial charge in [-0.1, -0.05) is 65.5 Å². The number of nitrogens with one attached hydrogen (secondary N) is 1. The molecule has 44 heavy (non-hydrogen) atoms. The van der Waals surface area contributed by atoms with Gasteiger partial charge in [0.1, 0.15) is 6.10 Å². The van der Waals surface area contributed by atoms with E-state index in [1.165, 1.54) is 56.9 Å². The minimum absolute atomic E-state index is 0.0423. The Kier molecular flexibility index (Phi) is 12.0. The number of carboxylic acid groups (broad SMARTS) is 1. The molecule has 3 saturated carbocycles. The highest BCUT2D eigenvalue weighted by Crippen LogP contribution is 2.67. The standard InChI is InChI=1S/C37H62N2O5/c1-24(2)9-8-10-25(3)29-14-15-30-28-13-12-26-23-27(18-20-36(26,4)31(28)19-21-37(29,30)5)44-34(41)17-16-33(40)39-32(35(42)43)11-6-7-22-38/h12,24-25,27-32H,6-11,13-23,38H2,1-5H3,(H,39,40)(H,42,43). The topological polar surface area (TPSA) is 123 Å². The Morgan fingerprint density at radius 1 is 0.977 bits per heavy atom. The van der Waals surface area contributed by atoms with Gasteiger partial charge in [-0.05, 0) is 111 Å². The van der Waals surface area contributed by atoms with E-state index in [0.717, 1.165) is 67.7 Å². The average molecular weight is 615 g/mol. The van der Waals surface area contributed by atoms with E-state index in [4.69, 9.17) is 4.74 Å². The fourth-order valence-corrected chi connectivity index (χ4v) is 10.3. The molecule has 9 unspecified atom stereocenters. The highest BCUT2D eigenvalue weighted by atomic mass is 16.5. The van der Waals surface area contributed by atoms with Crippen molar-refractivity contribution in [2.24, 2.45) is 46.3 Å². The van der Waals surface area contributed by atoms with E-state index in [0.29, 0.717) is 18.3 Å². The predicted molar refractivity (Wildman–Crippen MR) is 171 cm³/mol. The van der Waals surface area contributed by atoms with E-state index >= 15 is 0 Å². The molecule has 0 aliphatic heterocycles. The van der Waals surface area contributed by atoms with E-state index in [-0.39, 0.29) is 30.3 Å². The summed E-state index contributed by atoms with van der Waals surface area (Å²) in [5, 5.41) is 13.9. The zero-order valence-electron chi connectivity index (χ0n) is 28.5. The lowest BCUT2D eigenvalue weighted by molar-refractivity contribution is -0.368. The second-order valence-corrected chi connectivity index (χ2v) is 15.9. The minimum atomic E-state index is -1.29. The molecular formula is C37H62N2O5. The molecule has 0 spiro atoms. The van der Waals surface area contributed by atoms with Crippen LogP contribution in [0.15, 0.2) is 11.6 Å². The SMILES string of the molecule is CC(C)CCCC(C)C1CCC2C3CC=C4CC(OC(=O)CCC(=O)NC(CCCC[NH3+])C(=O)[O-])CCC4(C)C3CCC12C. The molecule has 4 rings (SSSR count). The number of aliphatic carboxylic acids is 1. The largest absolute Gasteiger partial charge is 0.548 e. The maximum atomic E-state index is 12.7. The van der Waals surface area contributed by atoms with Gasteiger partial charge < -0.3 is 25.7 Å². The number of carbonyl (C=O) groups is 3. The molecule has 3 fully saturated rings. The summed E-state index contributed by atoms with van der Waals surface area (Å²) in [6.45, 7) is 13.1. The first kappa shape index (κ1) is 35.0. The number of carboxylic acids is 1. The molecule has 250 valence electrons. The van der Waals surface area contributed by atoms with Gasteiger partial charge in [-0.25, -0.2) is 0 Å². The normalized spacial score (nSPS) is 34.2. The molecule has 4 aliphatic rings. The zero-order chi connectivity index (χ0) is 32.1. The first-order chi connectivity index (χ1) is 20.9. The van der Waals surface area contributed by atoms with Crippen LogP contribution in [0.5, 0.6) is 0 Å². The van der Waals surface area contributed by atoms with E-state index in [1.54, 1.807) is 0 Å². The molecule has 0 aromatic rings. The van der Waals surface area contributed by atoms with Gasteiger partial charge in [0.15, 0.2) is 0 Å². The first-order valence-electron chi connectivity index (χ1n) is 18.1. The molecular weight excluding hydrogens is 552 g/mol. The minimum Gasteiger partial charge on any atom is -0.548 e. The Morgan fingerprint density at radius 2 is 1.75 bits per heavy atom. The van der Waals surface area contributed by atoms with Crippen molar-refractivity contribution in [1.82, 2.24) is 5.32 Å². The first-order valence-corrected chi connectivity index (χ1v) is 18.1. The van der Waals surface area contributed by atoms with E-state index in [9.17, 15) is 19.5 Å². The summed E-state index contributed by atoms with van der Waals surface area (Å²) < 4.78 is 5.88. The van der Waals surface area contributed by atoms with Crippen molar-refractivity contribution >= 4 is 17.8 Å². The smallest absolute Gasteiger partial charge is 0.306 e. The third-order valence-corrected chi connectivity index (χ3v) is 12.7. The number of amides is 1. The second-order valence-electron chi connectivity index (χ2n) is 15.9. The molecule has 0 bridgehead atoms. The number of allylic oxidation sites excluding steroid dienone is 1. The summed E-state index contributed by atoms with van der Waals surface area (Å²) in [4.78, 5) is 36.4. The van der Waals surface area contributed by atoms with Crippen molar-refractivity contribution in [2.45, 2.75) is 149 Å². The fraction of sp³-hybridized carbons (Fsp3) is 0.865. The lowest BCUT2D eigenvalue weighted by Gasteiger charge is -2.58. The molecule has 7 nitrogen and oxygen atoms in total. The molecule has 0 heterocycles. The number of quaternary nitrogens is 1. The van der Waals surface area contributed by atoms with Crippen molar-refractivity contribution < 1.29 is 30.0 Å². The number of carbonyl (C=O) groups excluding carboxylic acids is 3. The summed E-state index contributed by atoms with van der Waals surface area (Å²) in [5.74, 6) is 2.69. The summed E-state index contributed by atoms with van der Waals surface area (Å²) in [5.41, 5.74) is 5.92. The third-order valence-electron chi connectivity index (χ3n) is 12.7. The number of rotatable bonds is 15. The monoisotopic (exact) mass is 614 g/mol. The molecule has 0 aromatic heterocycles. The summed E-state index contributed by atoms with van der Waals surface area (Å²) in [6.07, 6.45) is 17.5. The highest BCUT2D eigenvalue weighted by Gasteiger charge is 2.59. The molecule has 7 heteroatoms. The van der Waals surface area contributed by atoms with Gasteiger partial charge in [0.05, 0.1) is 25.0 Å². The van der Waals surface area contributed by atoms with E-state index < -0.39 is 17.9 Å². The lowest BCUT2D eigenvalue weighted by Crippen LogP contribution is -2.51. The Bertz CT molecular complexity index is 1040. The van der Waals surface area contributed by atoms with Crippen LogP contribution in [-0.4, -0.2) is 36.5 Å². The number of hydrogen-bond acceptors (Lipinski definition) is 5. The number of esters is 1. The fourth-order valence-electron chi connectivity index (χ4n) is 10.3. The summed E-state index contributed by atoms with van der Waals surface area (Å²) in [7, 11) is 0. The third kappa shape index (κ3) is 7.90. The van der Waals surface area contributed by atoms with Crippen molar-refractivity contribution in [3.05, 3.63) is 11.6 Å². The molecule has 9 atom stereocenters. The molecule has 1 amide bonds. The number of hydrogen-bond donors (Lipinski definition) is 2. The van der Waals surface area contributed by atoms with Crippen molar-refractivity contribution in [1.29, 1.82) is 0 Å². The summed E-state index contributed by atoms with van der Waals surface area (Å²) >= 11 is 0. The molecule has 0 aromatic carbocycles. The van der Waals surface area contributed by atoms with Crippen molar-refractivity contribution in [3.63, 3.8) is 0 Å². The van der Waals surface area contributed by atoms with Crippen LogP contribution in [0.2, 0.25) is 0 Å². The molecule has 4 aliphatic carbocycles. The van der Waals surface area contributed by atoms with Gasteiger partial charge >= 0.3 is 5.97 Å².